The minimum atomic E-state index is -0.299. The normalized spacial score (nSPS) is 10.7. The van der Waals surface area contributed by atoms with Gasteiger partial charge in [-0.25, -0.2) is 4.98 Å². The number of anilines is 1. The third-order valence-corrected chi connectivity index (χ3v) is 4.99. The molecule has 0 saturated carbocycles. The molecule has 8 heteroatoms. The van der Waals surface area contributed by atoms with Crippen LogP contribution in [0.2, 0.25) is 5.02 Å². The van der Waals surface area contributed by atoms with Gasteiger partial charge in [-0.05, 0) is 54.6 Å². The molecule has 0 spiro atoms. The minimum absolute atomic E-state index is 0.299. The Balaban J connectivity index is 1.59. The number of carbonyl (C=O) groups is 1. The van der Waals surface area contributed by atoms with Crippen LogP contribution < -0.4 is 19.5 Å². The molecule has 1 aromatic heterocycles. The van der Waals surface area contributed by atoms with Crippen LogP contribution in [-0.2, 0) is 0 Å². The molecule has 7 nitrogen and oxygen atoms in total. The largest absolute Gasteiger partial charge is 0.495 e. The zero-order valence-corrected chi connectivity index (χ0v) is 17.8. The van der Waals surface area contributed by atoms with Crippen LogP contribution in [0.1, 0.15) is 10.4 Å². The van der Waals surface area contributed by atoms with Gasteiger partial charge in [-0.15, -0.1) is 0 Å². The van der Waals surface area contributed by atoms with Crippen LogP contribution in [-0.4, -0.2) is 32.2 Å². The van der Waals surface area contributed by atoms with E-state index in [2.05, 4.69) is 10.3 Å². The molecule has 0 fully saturated rings. The van der Waals surface area contributed by atoms with E-state index in [9.17, 15) is 4.79 Å². The van der Waals surface area contributed by atoms with Crippen molar-refractivity contribution in [3.63, 3.8) is 0 Å². The lowest BCUT2D eigenvalue weighted by molar-refractivity contribution is 0.102. The summed E-state index contributed by atoms with van der Waals surface area (Å²) in [6.07, 6.45) is 0. The number of hydrogen-bond donors (Lipinski definition) is 1. The topological polar surface area (TPSA) is 82.8 Å². The highest BCUT2D eigenvalue weighted by Gasteiger charge is 2.14. The van der Waals surface area contributed by atoms with Crippen molar-refractivity contribution in [3.8, 4) is 28.7 Å². The van der Waals surface area contributed by atoms with Crippen molar-refractivity contribution < 1.29 is 23.4 Å². The van der Waals surface area contributed by atoms with Gasteiger partial charge in [0.25, 0.3) is 5.91 Å². The number of nitrogens with zero attached hydrogens (tertiary/aromatic N) is 1. The van der Waals surface area contributed by atoms with Gasteiger partial charge in [0.15, 0.2) is 17.1 Å². The molecule has 1 heterocycles. The smallest absolute Gasteiger partial charge is 0.255 e. The molecule has 0 bridgehead atoms. The average molecular weight is 439 g/mol. The Morgan fingerprint density at radius 3 is 2.35 bits per heavy atom. The van der Waals surface area contributed by atoms with Crippen molar-refractivity contribution >= 4 is 34.3 Å². The highest BCUT2D eigenvalue weighted by Crippen LogP contribution is 2.33. The number of fused-ring (bicyclic) bond motifs is 1. The second kappa shape index (κ2) is 8.57. The Bertz CT molecular complexity index is 1270. The summed E-state index contributed by atoms with van der Waals surface area (Å²) in [5.41, 5.74) is 2.94. The van der Waals surface area contributed by atoms with Crippen molar-refractivity contribution in [1.82, 2.24) is 4.98 Å². The molecule has 4 aromatic rings. The van der Waals surface area contributed by atoms with Gasteiger partial charge in [-0.1, -0.05) is 11.6 Å². The quantitative estimate of drug-likeness (QED) is 0.432. The van der Waals surface area contributed by atoms with E-state index >= 15 is 0 Å². The summed E-state index contributed by atoms with van der Waals surface area (Å²) in [6.45, 7) is 0. The third kappa shape index (κ3) is 4.13. The van der Waals surface area contributed by atoms with E-state index < -0.39 is 0 Å². The molecule has 0 unspecified atom stereocenters. The number of rotatable bonds is 6. The molecule has 4 rings (SSSR count). The zero-order valence-electron chi connectivity index (χ0n) is 17.1. The fraction of sp³-hybridized carbons (Fsp3) is 0.130. The summed E-state index contributed by atoms with van der Waals surface area (Å²) in [4.78, 5) is 17.1. The van der Waals surface area contributed by atoms with Crippen molar-refractivity contribution in [3.05, 3.63) is 65.2 Å². The molecule has 0 atom stereocenters. The summed E-state index contributed by atoms with van der Waals surface area (Å²) in [7, 11) is 4.66. The first-order chi connectivity index (χ1) is 15.0. The maximum Gasteiger partial charge on any atom is 0.255 e. The van der Waals surface area contributed by atoms with Crippen LogP contribution in [0.4, 0.5) is 5.69 Å². The number of hydrogen-bond acceptors (Lipinski definition) is 6. The highest BCUT2D eigenvalue weighted by atomic mass is 35.5. The van der Waals surface area contributed by atoms with Gasteiger partial charge in [0, 0.05) is 16.8 Å². The number of amides is 1. The first-order valence-corrected chi connectivity index (χ1v) is 9.68. The van der Waals surface area contributed by atoms with E-state index in [1.807, 2.05) is 6.07 Å². The lowest BCUT2D eigenvalue weighted by atomic mass is 10.2. The van der Waals surface area contributed by atoms with Crippen LogP contribution >= 0.6 is 11.6 Å². The number of carbonyl (C=O) groups excluding carboxylic acids is 1. The Morgan fingerprint density at radius 1 is 0.903 bits per heavy atom. The number of nitrogens with one attached hydrogen (secondary N) is 1. The maximum absolute atomic E-state index is 12.6. The summed E-state index contributed by atoms with van der Waals surface area (Å²) in [6, 6.07) is 15.5. The second-order valence-electron chi connectivity index (χ2n) is 6.57. The van der Waals surface area contributed by atoms with Gasteiger partial charge >= 0.3 is 0 Å². The second-order valence-corrected chi connectivity index (χ2v) is 6.98. The molecule has 158 valence electrons. The van der Waals surface area contributed by atoms with E-state index in [-0.39, 0.29) is 5.91 Å². The van der Waals surface area contributed by atoms with Crippen LogP contribution in [0.3, 0.4) is 0 Å². The van der Waals surface area contributed by atoms with E-state index in [0.29, 0.717) is 50.5 Å². The van der Waals surface area contributed by atoms with E-state index in [1.165, 1.54) is 7.11 Å². The fourth-order valence-electron chi connectivity index (χ4n) is 3.11. The SMILES string of the molecule is COc1ccc(C(=O)Nc2ccc3oc(-c4ccc(OC)c(OC)c4)nc3c2)cc1Cl. The van der Waals surface area contributed by atoms with Gasteiger partial charge in [0.2, 0.25) is 5.89 Å². The van der Waals surface area contributed by atoms with E-state index in [4.69, 9.17) is 30.2 Å². The number of halogens is 1. The number of benzene rings is 3. The van der Waals surface area contributed by atoms with Crippen LogP contribution in [0.25, 0.3) is 22.6 Å². The molecule has 0 saturated heterocycles. The van der Waals surface area contributed by atoms with E-state index in [0.717, 1.165) is 5.56 Å². The third-order valence-electron chi connectivity index (χ3n) is 4.69. The molecular weight excluding hydrogens is 420 g/mol. The first-order valence-electron chi connectivity index (χ1n) is 9.30. The maximum atomic E-state index is 12.6. The van der Waals surface area contributed by atoms with Crippen LogP contribution in [0, 0.1) is 0 Å². The van der Waals surface area contributed by atoms with Gasteiger partial charge in [-0.3, -0.25) is 4.79 Å². The first kappa shape index (κ1) is 20.6. The molecule has 31 heavy (non-hydrogen) atoms. The predicted octanol–water partition coefficient (Wildman–Crippen LogP) is 5.43. The Labute approximate surface area is 183 Å². The Kier molecular flexibility index (Phi) is 5.68. The monoisotopic (exact) mass is 438 g/mol. The number of methoxy groups -OCH3 is 3. The molecule has 0 aliphatic carbocycles. The fourth-order valence-corrected chi connectivity index (χ4v) is 3.37. The Morgan fingerprint density at radius 2 is 1.65 bits per heavy atom. The number of oxazole rings is 1. The average Bonchev–Trinajstić information content (AvgIpc) is 3.22. The zero-order chi connectivity index (χ0) is 22.0. The van der Waals surface area contributed by atoms with Crippen molar-refractivity contribution in [2.75, 3.05) is 26.6 Å². The lowest BCUT2D eigenvalue weighted by Crippen LogP contribution is -2.11. The van der Waals surface area contributed by atoms with E-state index in [1.54, 1.807) is 62.8 Å². The summed E-state index contributed by atoms with van der Waals surface area (Å²) < 4.78 is 21.6. The van der Waals surface area contributed by atoms with Crippen molar-refractivity contribution in [1.29, 1.82) is 0 Å². The van der Waals surface area contributed by atoms with Crippen LogP contribution in [0.15, 0.2) is 59.0 Å². The van der Waals surface area contributed by atoms with Gasteiger partial charge in [-0.2, -0.15) is 0 Å². The van der Waals surface area contributed by atoms with Crippen LogP contribution in [0.5, 0.6) is 17.2 Å². The Hall–Kier alpha value is -3.71. The number of aromatic nitrogens is 1. The van der Waals surface area contributed by atoms with Crippen molar-refractivity contribution in [2.24, 2.45) is 0 Å². The molecule has 1 amide bonds. The van der Waals surface area contributed by atoms with Gasteiger partial charge in [0.1, 0.15) is 11.3 Å². The minimum Gasteiger partial charge on any atom is -0.495 e. The summed E-state index contributed by atoms with van der Waals surface area (Å²) >= 11 is 6.11. The lowest BCUT2D eigenvalue weighted by Gasteiger charge is -2.07. The predicted molar refractivity (Wildman–Crippen MR) is 119 cm³/mol. The van der Waals surface area contributed by atoms with Crippen molar-refractivity contribution in [2.45, 2.75) is 0 Å². The highest BCUT2D eigenvalue weighted by molar-refractivity contribution is 6.32. The summed E-state index contributed by atoms with van der Waals surface area (Å²) in [5, 5.41) is 3.20. The molecule has 1 N–H and O–H groups in total. The molecule has 3 aromatic carbocycles. The molecule has 0 aliphatic rings. The van der Waals surface area contributed by atoms with Gasteiger partial charge < -0.3 is 23.9 Å². The standard InChI is InChI=1S/C23H19ClN2O5/c1-28-18-7-4-13(10-16(18)24)22(27)25-15-6-9-19-17(12-15)26-23(31-19)14-5-8-20(29-2)21(11-14)30-3/h4-12H,1-3H3,(H,25,27). The molecular formula is C23H19ClN2O5. The molecule has 0 aliphatic heterocycles. The summed E-state index contributed by atoms with van der Waals surface area (Å²) in [5.74, 6) is 1.83. The van der Waals surface area contributed by atoms with Gasteiger partial charge in [0.05, 0.1) is 26.4 Å². The molecule has 0 radical (unpaired) electrons. The number of ether oxygens (including phenoxy) is 3.